The van der Waals surface area contributed by atoms with Crippen LogP contribution in [0.25, 0.3) is 22.5 Å². The van der Waals surface area contributed by atoms with Crippen LogP contribution < -0.4 is 35.6 Å². The Bertz CT molecular complexity index is 1790. The molecule has 12 nitrogen and oxygen atoms in total. The number of anilines is 2. The summed E-state index contributed by atoms with van der Waals surface area (Å²) in [6.07, 6.45) is 5.32. The molecule has 1 unspecified atom stereocenters. The second kappa shape index (κ2) is 15.3. The average Bonchev–Trinajstić information content (AvgIpc) is 3.51. The summed E-state index contributed by atoms with van der Waals surface area (Å²) in [6, 6.07) is 14.3. The highest BCUT2D eigenvalue weighted by molar-refractivity contribution is 5.91. The molecule has 0 fully saturated rings. The normalized spacial score (nSPS) is 13.4. The maximum absolute atomic E-state index is 13.5. The second-order valence-electron chi connectivity index (χ2n) is 11.3. The fourth-order valence-corrected chi connectivity index (χ4v) is 5.98. The van der Waals surface area contributed by atoms with Crippen molar-refractivity contribution in [2.75, 3.05) is 38.5 Å². The first kappa shape index (κ1) is 33.0. The van der Waals surface area contributed by atoms with Gasteiger partial charge in [0.05, 0.1) is 33.1 Å². The van der Waals surface area contributed by atoms with Crippen molar-refractivity contribution in [2.24, 2.45) is 0 Å². The number of nitrogens with one attached hydrogen (secondary N) is 4. The van der Waals surface area contributed by atoms with E-state index in [1.165, 1.54) is 13.3 Å². The van der Waals surface area contributed by atoms with Gasteiger partial charge < -0.3 is 30.2 Å². The molecule has 5 rings (SSSR count). The number of methoxy groups -OCH3 is 3. The fraction of sp³-hybridized carbons (Fsp3) is 0.343. The van der Waals surface area contributed by atoms with E-state index in [0.717, 1.165) is 35.1 Å². The molecule has 2 amide bonds. The molecule has 3 aromatic carbocycles. The summed E-state index contributed by atoms with van der Waals surface area (Å²) in [5.41, 5.74) is 5.05. The maximum Gasteiger partial charge on any atom is 0.224 e. The van der Waals surface area contributed by atoms with Gasteiger partial charge in [0.25, 0.3) is 0 Å². The van der Waals surface area contributed by atoms with E-state index in [0.29, 0.717) is 72.2 Å². The van der Waals surface area contributed by atoms with Crippen molar-refractivity contribution in [1.29, 1.82) is 0 Å². The van der Waals surface area contributed by atoms with E-state index in [1.807, 2.05) is 36.4 Å². The summed E-state index contributed by atoms with van der Waals surface area (Å²) in [7, 11) is 4.70. The number of nitrogens with zero attached hydrogens (tertiary/aromatic N) is 2. The minimum atomic E-state index is -0.375. The van der Waals surface area contributed by atoms with Gasteiger partial charge in [-0.15, -0.1) is 0 Å². The Morgan fingerprint density at radius 1 is 0.979 bits per heavy atom. The van der Waals surface area contributed by atoms with Gasteiger partial charge in [-0.2, -0.15) is 5.10 Å². The van der Waals surface area contributed by atoms with E-state index < -0.39 is 0 Å². The highest BCUT2D eigenvalue weighted by atomic mass is 16.5. The van der Waals surface area contributed by atoms with Crippen molar-refractivity contribution in [3.8, 4) is 39.8 Å². The van der Waals surface area contributed by atoms with Crippen LogP contribution in [0.3, 0.4) is 0 Å². The van der Waals surface area contributed by atoms with Crippen LogP contribution in [0.5, 0.6) is 17.2 Å². The number of aryl methyl sites for hydroxylation is 1. The number of hydrogen-bond acceptors (Lipinski definition) is 9. The first-order valence-corrected chi connectivity index (χ1v) is 15.6. The number of ether oxygens (including phenoxy) is 3. The molecule has 0 saturated carbocycles. The number of hydrogen-bond donors (Lipinski definition) is 4. The minimum Gasteiger partial charge on any atom is -0.493 e. The Morgan fingerprint density at radius 2 is 1.81 bits per heavy atom. The third-order valence-electron chi connectivity index (χ3n) is 8.15. The zero-order chi connectivity index (χ0) is 33.3. The highest BCUT2D eigenvalue weighted by Crippen LogP contribution is 2.50. The summed E-state index contributed by atoms with van der Waals surface area (Å²) in [4.78, 5) is 42.4. The molecule has 4 aromatic rings. The van der Waals surface area contributed by atoms with Gasteiger partial charge >= 0.3 is 0 Å². The number of carbonyl (C=O) groups is 2. The number of unbranched alkanes of at least 4 members (excludes halogenated alkanes) is 2. The van der Waals surface area contributed by atoms with Crippen LogP contribution in [0, 0.1) is 0 Å². The summed E-state index contributed by atoms with van der Waals surface area (Å²) in [5.74, 6) is 1.90. The minimum absolute atomic E-state index is 0.0650. The number of amides is 2. The van der Waals surface area contributed by atoms with E-state index in [9.17, 15) is 14.4 Å². The lowest BCUT2D eigenvalue weighted by atomic mass is 9.95. The van der Waals surface area contributed by atoms with Gasteiger partial charge in [0, 0.05) is 36.7 Å². The van der Waals surface area contributed by atoms with Gasteiger partial charge in [-0.1, -0.05) is 24.6 Å². The Labute approximate surface area is 273 Å². The molecule has 1 aliphatic carbocycles. The van der Waals surface area contributed by atoms with Crippen molar-refractivity contribution in [3.05, 3.63) is 76.2 Å². The largest absolute Gasteiger partial charge is 0.493 e. The van der Waals surface area contributed by atoms with Crippen LogP contribution in [0.1, 0.15) is 56.2 Å². The van der Waals surface area contributed by atoms with Crippen molar-refractivity contribution in [3.63, 3.8) is 0 Å². The first-order valence-electron chi connectivity index (χ1n) is 15.6. The first-order chi connectivity index (χ1) is 22.8. The molecule has 0 bridgehead atoms. The van der Waals surface area contributed by atoms with Gasteiger partial charge in [-0.3, -0.25) is 19.5 Å². The zero-order valence-corrected chi connectivity index (χ0v) is 27.1. The molecule has 1 aromatic heterocycles. The van der Waals surface area contributed by atoms with Gasteiger partial charge in [0.15, 0.2) is 17.3 Å². The number of aromatic nitrogens is 3. The molecule has 1 aliphatic rings. The van der Waals surface area contributed by atoms with Crippen molar-refractivity contribution in [1.82, 2.24) is 20.5 Å². The van der Waals surface area contributed by atoms with Gasteiger partial charge in [-0.25, -0.2) is 4.98 Å². The molecule has 0 spiro atoms. The predicted octanol–water partition coefficient (Wildman–Crippen LogP) is 5.26. The summed E-state index contributed by atoms with van der Waals surface area (Å²) >= 11 is 0. The lowest BCUT2D eigenvalue weighted by molar-refractivity contribution is -0.119. The molecular weight excluding hydrogens is 600 g/mol. The van der Waals surface area contributed by atoms with E-state index >= 15 is 0 Å². The van der Waals surface area contributed by atoms with E-state index in [-0.39, 0.29) is 23.3 Å². The standard InChI is InChI=1S/C35H40N6O6/c1-21(42)39-27-14-12-22-18-30(45-2)33(46-3)34(47-4)32(22)25-13-15-28(29(43)19-26(25)27)36-16-7-5-6-11-31(44)40-24-10-8-9-23(17-24)35-37-20-38-41-35/h8-10,13,15,17-20,27H,5-7,11-12,14,16H2,1-4H3,(H,36,43)(H,39,42)(H,40,44)(H,37,38,41). The van der Waals surface area contributed by atoms with Crippen LogP contribution in [0.15, 0.2) is 59.7 Å². The molecule has 1 heterocycles. The molecule has 12 heteroatoms. The number of H-pyrrole nitrogens is 1. The Morgan fingerprint density at radius 3 is 2.53 bits per heavy atom. The predicted molar refractivity (Wildman–Crippen MR) is 180 cm³/mol. The Hall–Kier alpha value is -5.39. The fourth-order valence-electron chi connectivity index (χ4n) is 5.98. The third-order valence-corrected chi connectivity index (χ3v) is 8.15. The number of aromatic amines is 1. The molecule has 0 saturated heterocycles. The topological polar surface area (TPSA) is 157 Å². The van der Waals surface area contributed by atoms with Crippen LogP contribution >= 0.6 is 0 Å². The van der Waals surface area contributed by atoms with Crippen molar-refractivity contribution < 1.29 is 23.8 Å². The van der Waals surface area contributed by atoms with Crippen LogP contribution in [-0.4, -0.2) is 54.9 Å². The molecule has 0 radical (unpaired) electrons. The molecule has 246 valence electrons. The number of carbonyl (C=O) groups excluding carboxylic acids is 2. The van der Waals surface area contributed by atoms with Crippen molar-refractivity contribution in [2.45, 2.75) is 51.5 Å². The second-order valence-corrected chi connectivity index (χ2v) is 11.3. The molecule has 0 aliphatic heterocycles. The van der Waals surface area contributed by atoms with E-state index in [4.69, 9.17) is 14.2 Å². The quantitative estimate of drug-likeness (QED) is 0.143. The van der Waals surface area contributed by atoms with Crippen molar-refractivity contribution >= 4 is 23.2 Å². The van der Waals surface area contributed by atoms with Crippen LogP contribution in [0.2, 0.25) is 0 Å². The van der Waals surface area contributed by atoms with Gasteiger partial charge in [0.1, 0.15) is 6.33 Å². The van der Waals surface area contributed by atoms with Gasteiger partial charge in [-0.05, 0) is 72.7 Å². The number of fused-ring (bicyclic) bond motifs is 3. The molecule has 4 N–H and O–H groups in total. The monoisotopic (exact) mass is 640 g/mol. The van der Waals surface area contributed by atoms with Crippen LogP contribution in [0.4, 0.5) is 11.4 Å². The van der Waals surface area contributed by atoms with E-state index in [2.05, 4.69) is 31.1 Å². The molecule has 47 heavy (non-hydrogen) atoms. The zero-order valence-electron chi connectivity index (χ0n) is 27.1. The summed E-state index contributed by atoms with van der Waals surface area (Å²) < 4.78 is 17.1. The summed E-state index contributed by atoms with van der Waals surface area (Å²) in [5, 5.41) is 15.9. The lowest BCUT2D eigenvalue weighted by Gasteiger charge is -2.19. The average molecular weight is 641 g/mol. The van der Waals surface area contributed by atoms with Crippen LogP contribution in [-0.2, 0) is 16.0 Å². The highest BCUT2D eigenvalue weighted by Gasteiger charge is 2.29. The SMILES string of the molecule is COc1cc2c(c(OC)c1OC)-c1ccc(NCCCCCC(=O)Nc3cccc(-c4ncn[nH]4)c3)c(=O)cc1C(NC(C)=O)CC2. The van der Waals surface area contributed by atoms with E-state index in [1.54, 1.807) is 33.5 Å². The molecule has 1 atom stereocenters. The number of benzene rings is 2. The smallest absolute Gasteiger partial charge is 0.224 e. The Kier molecular flexibility index (Phi) is 10.7. The lowest BCUT2D eigenvalue weighted by Crippen LogP contribution is -2.26. The third kappa shape index (κ3) is 7.71. The maximum atomic E-state index is 13.5. The molecular formula is C35H40N6O6. The Balaban J connectivity index is 1.26. The summed E-state index contributed by atoms with van der Waals surface area (Å²) in [6.45, 7) is 2.03. The number of rotatable bonds is 13. The van der Waals surface area contributed by atoms with Gasteiger partial charge in [0.2, 0.25) is 23.0 Å².